The maximum Gasteiger partial charge on any atom is 0.220 e. The van der Waals surface area contributed by atoms with E-state index in [4.69, 9.17) is 18.9 Å². The van der Waals surface area contributed by atoms with Crippen LogP contribution in [0, 0.1) is 0 Å². The lowest BCUT2D eigenvalue weighted by Gasteiger charge is -2.46. The summed E-state index contributed by atoms with van der Waals surface area (Å²) in [5.74, 6) is -0.340. The predicted octanol–water partition coefficient (Wildman–Crippen LogP) is 1.75. The third kappa shape index (κ3) is 17.1. The van der Waals surface area contributed by atoms with E-state index in [1.165, 1.54) is 0 Å². The molecule has 2 fully saturated rings. The molecule has 2 rings (SSSR count). The van der Waals surface area contributed by atoms with Gasteiger partial charge in [0.2, 0.25) is 5.91 Å². The fourth-order valence-corrected chi connectivity index (χ4v) is 5.67. The Hall–Kier alpha value is -2.57. The van der Waals surface area contributed by atoms with E-state index < -0.39 is 86.8 Å². The Kier molecular flexibility index (Phi) is 24.6. The largest absolute Gasteiger partial charge is 0.394 e. The second-order valence-electron chi connectivity index (χ2n) is 13.3. The zero-order chi connectivity index (χ0) is 39.7. The molecule has 0 bridgehead atoms. The molecule has 1 amide bonds. The monoisotopic (exact) mass is 767 g/mol. The third-order valence-electron chi connectivity index (χ3n) is 8.87. The van der Waals surface area contributed by atoms with Crippen LogP contribution in [0.25, 0.3) is 0 Å². The average Bonchev–Trinajstić information content (AvgIpc) is 3.17. The van der Waals surface area contributed by atoms with Crippen molar-refractivity contribution in [1.82, 2.24) is 5.32 Å². The Morgan fingerprint density at radius 2 is 1.22 bits per heavy atom. The summed E-state index contributed by atoms with van der Waals surface area (Å²) in [6.07, 6.45) is 14.5. The van der Waals surface area contributed by atoms with Crippen molar-refractivity contribution in [2.24, 2.45) is 0 Å². The number of aliphatic hydroxyl groups excluding tert-OH is 8. The summed E-state index contributed by atoms with van der Waals surface area (Å²) in [7, 11) is 0. The van der Waals surface area contributed by atoms with Gasteiger partial charge in [-0.3, -0.25) is 4.79 Å². The molecule has 14 heteroatoms. The maximum absolute atomic E-state index is 12.9. The molecule has 0 aliphatic carbocycles. The summed E-state index contributed by atoms with van der Waals surface area (Å²) >= 11 is 0. The standard InChI is InChI=1S/C40H65NO13/c1-3-5-7-9-11-12-13-14-15-16-18-20-22-24-32(45)41-28(29(44)23-21-19-17-10-8-6-4-2)27-51-39-37(50)35(48)38(31(26-43)53-39)54-40-36(49)34(47)33(46)30(25-42)52-40/h5,7-8,10-12,14-15,18,20-21,23,28-31,33-40,42-44,46-50H,3-4,6,9,13,16-17,19,22,24-27H2,1-2H3,(H,41,45)/b7-5-,10-8+,12-11-,15-14-,20-18-,23-21+. The molecule has 0 spiro atoms. The molecule has 9 N–H and O–H groups in total. The molecule has 0 aromatic carbocycles. The number of carbonyl (C=O) groups is 1. The lowest BCUT2D eigenvalue weighted by molar-refractivity contribution is -0.359. The number of nitrogens with one attached hydrogen (secondary N) is 1. The third-order valence-corrected chi connectivity index (χ3v) is 8.87. The van der Waals surface area contributed by atoms with Crippen molar-refractivity contribution in [3.05, 3.63) is 72.9 Å². The maximum atomic E-state index is 12.9. The molecular formula is C40H65NO13. The molecular weight excluding hydrogens is 702 g/mol. The van der Waals surface area contributed by atoms with Crippen LogP contribution in [0.3, 0.4) is 0 Å². The summed E-state index contributed by atoms with van der Waals surface area (Å²) in [5, 5.41) is 85.7. The van der Waals surface area contributed by atoms with Gasteiger partial charge in [0.1, 0.15) is 48.8 Å². The number of unbranched alkanes of at least 4 members (excludes halogenated alkanes) is 2. The fourth-order valence-electron chi connectivity index (χ4n) is 5.67. The number of ether oxygens (including phenoxy) is 4. The Labute approximate surface area is 319 Å². The van der Waals surface area contributed by atoms with Crippen LogP contribution in [-0.2, 0) is 23.7 Å². The van der Waals surface area contributed by atoms with Crippen molar-refractivity contribution >= 4 is 5.91 Å². The van der Waals surface area contributed by atoms with Crippen LogP contribution in [0.4, 0.5) is 0 Å². The van der Waals surface area contributed by atoms with Crippen LogP contribution in [0.2, 0.25) is 0 Å². The van der Waals surface area contributed by atoms with Gasteiger partial charge >= 0.3 is 0 Å². The lowest BCUT2D eigenvalue weighted by atomic mass is 9.97. The van der Waals surface area contributed by atoms with E-state index >= 15 is 0 Å². The van der Waals surface area contributed by atoms with Crippen LogP contribution >= 0.6 is 0 Å². The van der Waals surface area contributed by atoms with E-state index in [1.807, 2.05) is 12.2 Å². The Morgan fingerprint density at radius 1 is 0.667 bits per heavy atom. The molecule has 14 nitrogen and oxygen atoms in total. The summed E-state index contributed by atoms with van der Waals surface area (Å²) in [5.41, 5.74) is 0. The Bertz CT molecular complexity index is 1190. The van der Waals surface area contributed by atoms with Crippen molar-refractivity contribution in [1.29, 1.82) is 0 Å². The second kappa shape index (κ2) is 27.9. The second-order valence-corrected chi connectivity index (χ2v) is 13.3. The number of hydrogen-bond donors (Lipinski definition) is 9. The zero-order valence-electron chi connectivity index (χ0n) is 31.7. The first-order valence-corrected chi connectivity index (χ1v) is 19.2. The van der Waals surface area contributed by atoms with Crippen molar-refractivity contribution in [2.75, 3.05) is 19.8 Å². The number of rotatable bonds is 25. The lowest BCUT2D eigenvalue weighted by Crippen LogP contribution is -2.65. The normalized spacial score (nSPS) is 30.9. The summed E-state index contributed by atoms with van der Waals surface area (Å²) in [6.45, 7) is 2.41. The topological polar surface area (TPSA) is 228 Å². The first kappa shape index (κ1) is 47.6. The van der Waals surface area contributed by atoms with E-state index in [0.29, 0.717) is 12.8 Å². The van der Waals surface area contributed by atoms with Crippen LogP contribution < -0.4 is 5.32 Å². The van der Waals surface area contributed by atoms with Gasteiger partial charge in [-0.1, -0.05) is 93.2 Å². The van der Waals surface area contributed by atoms with E-state index in [0.717, 1.165) is 44.9 Å². The molecule has 54 heavy (non-hydrogen) atoms. The van der Waals surface area contributed by atoms with Crippen molar-refractivity contribution in [2.45, 2.75) is 152 Å². The minimum absolute atomic E-state index is 0.147. The highest BCUT2D eigenvalue weighted by Gasteiger charge is 2.50. The number of allylic oxidation sites excluding steroid dienone is 11. The summed E-state index contributed by atoms with van der Waals surface area (Å²) in [6, 6.07) is -0.967. The SMILES string of the molecule is CC/C=C\C/C=C\C/C=C\C/C=C\CCC(=O)NC(COC1OC(CO)C(OC2OC(CO)C(O)C(O)C2O)C(O)C1O)C(O)/C=C/CC/C=C/CCC. The number of carbonyl (C=O) groups excluding carboxylic acids is 1. The predicted molar refractivity (Wildman–Crippen MR) is 203 cm³/mol. The Morgan fingerprint density at radius 3 is 1.85 bits per heavy atom. The highest BCUT2D eigenvalue weighted by atomic mass is 16.7. The first-order valence-electron chi connectivity index (χ1n) is 19.2. The quantitative estimate of drug-likeness (QED) is 0.0477. The van der Waals surface area contributed by atoms with Gasteiger partial charge in [-0.2, -0.15) is 0 Å². The molecule has 2 aliphatic heterocycles. The smallest absolute Gasteiger partial charge is 0.220 e. The minimum Gasteiger partial charge on any atom is -0.394 e. The van der Waals surface area contributed by atoms with Crippen LogP contribution in [0.15, 0.2) is 72.9 Å². The highest BCUT2D eigenvalue weighted by molar-refractivity contribution is 5.76. The van der Waals surface area contributed by atoms with E-state index in [-0.39, 0.29) is 18.9 Å². The minimum atomic E-state index is -1.80. The molecule has 308 valence electrons. The van der Waals surface area contributed by atoms with Crippen molar-refractivity contribution < 1.29 is 64.6 Å². The van der Waals surface area contributed by atoms with E-state index in [2.05, 4.69) is 67.8 Å². The molecule has 12 atom stereocenters. The highest BCUT2D eigenvalue weighted by Crippen LogP contribution is 2.29. The van der Waals surface area contributed by atoms with Crippen LogP contribution in [0.5, 0.6) is 0 Å². The molecule has 0 radical (unpaired) electrons. The average molecular weight is 768 g/mol. The van der Waals surface area contributed by atoms with Crippen LogP contribution in [0.1, 0.15) is 78.1 Å². The van der Waals surface area contributed by atoms with Gasteiger partial charge in [-0.15, -0.1) is 0 Å². The molecule has 2 heterocycles. The van der Waals surface area contributed by atoms with Gasteiger partial charge in [0, 0.05) is 6.42 Å². The summed E-state index contributed by atoms with van der Waals surface area (Å²) < 4.78 is 22.4. The number of amides is 1. The van der Waals surface area contributed by atoms with E-state index in [9.17, 15) is 45.6 Å². The zero-order valence-corrected chi connectivity index (χ0v) is 31.7. The van der Waals surface area contributed by atoms with Gasteiger partial charge in [0.05, 0.1) is 32.0 Å². The van der Waals surface area contributed by atoms with Gasteiger partial charge in [0.15, 0.2) is 12.6 Å². The molecule has 2 saturated heterocycles. The first-order chi connectivity index (χ1) is 26.1. The molecule has 0 saturated carbocycles. The van der Waals surface area contributed by atoms with Gasteiger partial charge in [-0.25, -0.2) is 0 Å². The van der Waals surface area contributed by atoms with Crippen molar-refractivity contribution in [3.63, 3.8) is 0 Å². The summed E-state index contributed by atoms with van der Waals surface area (Å²) in [4.78, 5) is 12.9. The van der Waals surface area contributed by atoms with Crippen molar-refractivity contribution in [3.8, 4) is 0 Å². The molecule has 0 aromatic heterocycles. The number of aliphatic hydroxyl groups is 8. The van der Waals surface area contributed by atoms with Crippen LogP contribution in [-0.4, -0.2) is 140 Å². The Balaban J connectivity index is 1.99. The number of hydrogen-bond acceptors (Lipinski definition) is 13. The molecule has 12 unspecified atom stereocenters. The molecule has 0 aromatic rings. The molecule has 2 aliphatic rings. The van der Waals surface area contributed by atoms with E-state index in [1.54, 1.807) is 12.2 Å². The van der Waals surface area contributed by atoms with Gasteiger partial charge in [-0.05, 0) is 51.4 Å². The van der Waals surface area contributed by atoms with Gasteiger partial charge in [0.25, 0.3) is 0 Å². The fraction of sp³-hybridized carbons (Fsp3) is 0.675. The van der Waals surface area contributed by atoms with Gasteiger partial charge < -0.3 is 65.1 Å².